The van der Waals surface area contributed by atoms with E-state index in [0.717, 1.165) is 0 Å². The van der Waals surface area contributed by atoms with Crippen molar-refractivity contribution in [3.63, 3.8) is 0 Å². The number of rotatable bonds is 6. The van der Waals surface area contributed by atoms with Crippen LogP contribution in [0.25, 0.3) is 0 Å². The Kier molecular flexibility index (Phi) is 13.2. The second-order valence-electron chi connectivity index (χ2n) is 7.62. The van der Waals surface area contributed by atoms with Crippen molar-refractivity contribution in [2.45, 2.75) is 71.6 Å². The first-order valence-corrected chi connectivity index (χ1v) is 11.8. The van der Waals surface area contributed by atoms with E-state index in [1.54, 1.807) is 0 Å². The zero-order valence-corrected chi connectivity index (χ0v) is 22.0. The molecule has 0 nitrogen and oxygen atoms in total. The molecule has 0 aromatic heterocycles. The molecule has 1 atom stereocenters. The van der Waals surface area contributed by atoms with Gasteiger partial charge in [-0.3, -0.25) is 0 Å². The van der Waals surface area contributed by atoms with Crippen LogP contribution >= 0.6 is 31.9 Å². The minimum absolute atomic E-state index is 0.00898. The molecule has 2 aromatic rings. The van der Waals surface area contributed by atoms with Crippen LogP contribution in [-0.4, -0.2) is 12.4 Å². The number of benzene rings is 2. The zero-order valence-electron chi connectivity index (χ0n) is 18.8. The predicted octanol–water partition coefficient (Wildman–Crippen LogP) is 10.5. The first-order chi connectivity index (χ1) is 14.6. The molecular formula is C24H30Br2F6. The van der Waals surface area contributed by atoms with Crippen molar-refractivity contribution >= 4 is 31.9 Å². The van der Waals surface area contributed by atoms with Gasteiger partial charge in [0.2, 0.25) is 0 Å². The molecule has 1 unspecified atom stereocenters. The van der Waals surface area contributed by atoms with E-state index in [1.807, 2.05) is 0 Å². The fraction of sp³-hybridized carbons (Fsp3) is 0.500. The summed E-state index contributed by atoms with van der Waals surface area (Å²) in [5.74, 6) is 0.606. The van der Waals surface area contributed by atoms with Gasteiger partial charge in [-0.25, -0.2) is 0 Å². The molecule has 0 heterocycles. The maximum absolute atomic E-state index is 10.4. The summed E-state index contributed by atoms with van der Waals surface area (Å²) in [4.78, 5) is 0. The number of hydrogen-bond acceptors (Lipinski definition) is 0. The van der Waals surface area contributed by atoms with E-state index in [4.69, 9.17) is 0 Å². The molecule has 0 saturated heterocycles. The Bertz CT molecular complexity index is 730. The SMILES string of the molecule is CC(F)(F)F.CC(F)(F)F.CCCC(CC)C(C)(c1ccccc1Br)c1ccccc1Br. The van der Waals surface area contributed by atoms with E-state index in [0.29, 0.717) is 5.92 Å². The lowest BCUT2D eigenvalue weighted by Gasteiger charge is -2.40. The average Bonchev–Trinajstić information content (AvgIpc) is 2.63. The molecule has 0 bridgehead atoms. The molecule has 0 fully saturated rings. The summed E-state index contributed by atoms with van der Waals surface area (Å²) >= 11 is 7.57. The van der Waals surface area contributed by atoms with Crippen molar-refractivity contribution in [1.82, 2.24) is 0 Å². The molecule has 182 valence electrons. The van der Waals surface area contributed by atoms with Crippen LogP contribution in [0, 0.1) is 5.92 Å². The molecule has 2 rings (SSSR count). The van der Waals surface area contributed by atoms with Crippen LogP contribution in [-0.2, 0) is 5.41 Å². The van der Waals surface area contributed by atoms with Crippen LogP contribution in [0.3, 0.4) is 0 Å². The molecule has 0 aliphatic rings. The van der Waals surface area contributed by atoms with Crippen LogP contribution in [0.2, 0.25) is 0 Å². The van der Waals surface area contributed by atoms with E-state index in [-0.39, 0.29) is 19.3 Å². The Balaban J connectivity index is 0.000000805. The molecule has 32 heavy (non-hydrogen) atoms. The monoisotopic (exact) mass is 590 g/mol. The lowest BCUT2D eigenvalue weighted by Crippen LogP contribution is -2.34. The Morgan fingerprint density at radius 1 is 0.688 bits per heavy atom. The second-order valence-corrected chi connectivity index (χ2v) is 9.33. The molecule has 0 amide bonds. The van der Waals surface area contributed by atoms with Crippen molar-refractivity contribution < 1.29 is 26.3 Å². The smallest absolute Gasteiger partial charge is 0.172 e. The minimum Gasteiger partial charge on any atom is -0.172 e. The highest BCUT2D eigenvalue weighted by molar-refractivity contribution is 9.10. The molecule has 0 aliphatic heterocycles. The first kappa shape index (κ1) is 31.0. The molecule has 2 aromatic carbocycles. The number of hydrogen-bond donors (Lipinski definition) is 0. The van der Waals surface area contributed by atoms with Gasteiger partial charge in [0.25, 0.3) is 0 Å². The van der Waals surface area contributed by atoms with Crippen LogP contribution in [0.4, 0.5) is 26.3 Å². The van der Waals surface area contributed by atoms with Gasteiger partial charge in [-0.05, 0) is 35.6 Å². The van der Waals surface area contributed by atoms with Crippen molar-refractivity contribution in [2.75, 3.05) is 0 Å². The standard InChI is InChI=1S/C20H24Br2.2C2H3F3/c1-4-10-15(5-2)20(3,16-11-6-8-13-18(16)21)17-12-7-9-14-19(17)22;2*1-2(3,4)5/h6-9,11-15H,4-5,10H2,1-3H3;2*1H3. The maximum atomic E-state index is 10.4. The van der Waals surface area contributed by atoms with Gasteiger partial charge < -0.3 is 0 Å². The van der Waals surface area contributed by atoms with Crippen molar-refractivity contribution in [3.8, 4) is 0 Å². The van der Waals surface area contributed by atoms with Crippen LogP contribution in [0.1, 0.15) is 65.0 Å². The summed E-state index contributed by atoms with van der Waals surface area (Å²) in [5.41, 5.74) is 2.75. The van der Waals surface area contributed by atoms with E-state index < -0.39 is 12.4 Å². The highest BCUT2D eigenvalue weighted by Gasteiger charge is 2.38. The lowest BCUT2D eigenvalue weighted by atomic mass is 9.65. The summed E-state index contributed by atoms with van der Waals surface area (Å²) in [5, 5.41) is 0. The molecule has 0 aliphatic carbocycles. The summed E-state index contributed by atoms with van der Waals surface area (Å²) < 4.78 is 64.5. The maximum Gasteiger partial charge on any atom is 0.386 e. The quantitative estimate of drug-likeness (QED) is 0.293. The average molecular weight is 592 g/mol. The van der Waals surface area contributed by atoms with Gasteiger partial charge in [0.15, 0.2) is 0 Å². The first-order valence-electron chi connectivity index (χ1n) is 10.2. The van der Waals surface area contributed by atoms with Crippen molar-refractivity contribution in [3.05, 3.63) is 68.6 Å². The Labute approximate surface area is 204 Å². The summed E-state index contributed by atoms with van der Waals surface area (Å²) in [7, 11) is 0. The van der Waals surface area contributed by atoms with Gasteiger partial charge in [-0.15, -0.1) is 0 Å². The van der Waals surface area contributed by atoms with E-state index >= 15 is 0 Å². The summed E-state index contributed by atoms with van der Waals surface area (Å²) in [6, 6.07) is 17.3. The minimum atomic E-state index is -4.00. The Morgan fingerprint density at radius 2 is 1.00 bits per heavy atom. The highest BCUT2D eigenvalue weighted by atomic mass is 79.9. The van der Waals surface area contributed by atoms with Gasteiger partial charge in [0, 0.05) is 28.2 Å². The fourth-order valence-corrected chi connectivity index (χ4v) is 4.99. The third kappa shape index (κ3) is 11.7. The largest absolute Gasteiger partial charge is 0.386 e. The number of halogens is 8. The second kappa shape index (κ2) is 13.6. The predicted molar refractivity (Wildman–Crippen MR) is 127 cm³/mol. The Hall–Kier alpha value is -1.02. The molecule has 8 heteroatoms. The molecule has 0 spiro atoms. The Morgan fingerprint density at radius 3 is 1.25 bits per heavy atom. The van der Waals surface area contributed by atoms with Gasteiger partial charge in [-0.2, -0.15) is 26.3 Å². The van der Waals surface area contributed by atoms with Gasteiger partial charge in [0.05, 0.1) is 0 Å². The third-order valence-electron chi connectivity index (χ3n) is 4.81. The van der Waals surface area contributed by atoms with Crippen molar-refractivity contribution in [2.24, 2.45) is 5.92 Å². The van der Waals surface area contributed by atoms with E-state index in [9.17, 15) is 26.3 Å². The van der Waals surface area contributed by atoms with Crippen LogP contribution in [0.5, 0.6) is 0 Å². The highest BCUT2D eigenvalue weighted by Crippen LogP contribution is 2.47. The molecule has 0 radical (unpaired) electrons. The number of alkyl halides is 6. The van der Waals surface area contributed by atoms with Gasteiger partial charge in [-0.1, -0.05) is 102 Å². The van der Waals surface area contributed by atoms with Gasteiger partial charge >= 0.3 is 12.4 Å². The third-order valence-corrected chi connectivity index (χ3v) is 6.20. The zero-order chi connectivity index (χ0) is 25.2. The van der Waals surface area contributed by atoms with Crippen molar-refractivity contribution in [1.29, 1.82) is 0 Å². The topological polar surface area (TPSA) is 0 Å². The van der Waals surface area contributed by atoms with Gasteiger partial charge in [0.1, 0.15) is 0 Å². The molecule has 0 N–H and O–H groups in total. The summed E-state index contributed by atoms with van der Waals surface area (Å²) in [6.45, 7) is 7.37. The van der Waals surface area contributed by atoms with Crippen LogP contribution in [0.15, 0.2) is 57.5 Å². The lowest BCUT2D eigenvalue weighted by molar-refractivity contribution is -0.111. The molecular weight excluding hydrogens is 562 g/mol. The summed E-state index contributed by atoms with van der Waals surface area (Å²) in [6.07, 6.45) is -4.38. The molecule has 0 saturated carbocycles. The van der Waals surface area contributed by atoms with E-state index in [1.165, 1.54) is 39.3 Å². The fourth-order valence-electron chi connectivity index (χ4n) is 3.60. The van der Waals surface area contributed by atoms with E-state index in [2.05, 4.69) is 101 Å². The van der Waals surface area contributed by atoms with Crippen LogP contribution < -0.4 is 0 Å². The normalized spacial score (nSPS) is 12.8.